The molecule has 1 aromatic carbocycles. The van der Waals surface area contributed by atoms with Crippen LogP contribution in [0.2, 0.25) is 0 Å². The highest BCUT2D eigenvalue weighted by molar-refractivity contribution is 5.87. The van der Waals surface area contributed by atoms with Gasteiger partial charge in [0.25, 0.3) is 0 Å². The van der Waals surface area contributed by atoms with E-state index in [1.807, 2.05) is 0 Å². The minimum atomic E-state index is -4.38. The first-order valence-corrected chi connectivity index (χ1v) is 8.08. The van der Waals surface area contributed by atoms with Crippen molar-refractivity contribution in [3.05, 3.63) is 40.7 Å². The molecular formula is C17H16F4N4O2. The zero-order valence-electron chi connectivity index (χ0n) is 14.5. The van der Waals surface area contributed by atoms with E-state index in [2.05, 4.69) is 15.5 Å². The van der Waals surface area contributed by atoms with Crippen molar-refractivity contribution in [3.8, 4) is 11.5 Å². The number of benzene rings is 1. The number of anilines is 1. The summed E-state index contributed by atoms with van der Waals surface area (Å²) in [4.78, 5) is 13.4. The van der Waals surface area contributed by atoms with Crippen LogP contribution in [0.5, 0.6) is 0 Å². The summed E-state index contributed by atoms with van der Waals surface area (Å²) in [6.45, 7) is 3.13. The van der Waals surface area contributed by atoms with Gasteiger partial charge >= 0.3 is 18.2 Å². The smallest absolute Gasteiger partial charge is 0.403 e. The van der Waals surface area contributed by atoms with E-state index in [9.17, 15) is 22.4 Å². The number of aryl methyl sites for hydroxylation is 2. The number of aromatic nitrogens is 2. The topological polar surface area (TPSA) is 71.3 Å². The lowest BCUT2D eigenvalue weighted by Crippen LogP contribution is -2.39. The minimum absolute atomic E-state index is 0.0751. The second-order valence-corrected chi connectivity index (χ2v) is 6.18. The van der Waals surface area contributed by atoms with Crippen LogP contribution >= 0.6 is 0 Å². The Morgan fingerprint density at radius 2 is 1.89 bits per heavy atom. The van der Waals surface area contributed by atoms with Gasteiger partial charge in [-0.1, -0.05) is 11.2 Å². The summed E-state index contributed by atoms with van der Waals surface area (Å²) in [6, 6.07) is 1.81. The van der Waals surface area contributed by atoms with Crippen LogP contribution in [0.15, 0.2) is 28.2 Å². The van der Waals surface area contributed by atoms with Gasteiger partial charge in [0.1, 0.15) is 5.82 Å². The summed E-state index contributed by atoms with van der Waals surface area (Å²) in [7, 11) is 0. The fourth-order valence-corrected chi connectivity index (χ4v) is 2.90. The molecule has 0 fully saturated rings. The molecule has 0 bridgehead atoms. The Hall–Kier alpha value is -2.91. The molecule has 0 saturated heterocycles. The Morgan fingerprint density at radius 3 is 2.44 bits per heavy atom. The van der Waals surface area contributed by atoms with Crippen LogP contribution in [0, 0.1) is 19.7 Å². The molecule has 1 N–H and O–H groups in total. The highest BCUT2D eigenvalue weighted by Gasteiger charge is 2.35. The first kappa shape index (κ1) is 18.9. The summed E-state index contributed by atoms with van der Waals surface area (Å²) in [6.07, 6.45) is -3.68. The van der Waals surface area contributed by atoms with Crippen molar-refractivity contribution in [3.63, 3.8) is 0 Å². The summed E-state index contributed by atoms with van der Waals surface area (Å²) < 4.78 is 56.7. The number of amides is 2. The van der Waals surface area contributed by atoms with E-state index >= 15 is 0 Å². The average molecular weight is 384 g/mol. The van der Waals surface area contributed by atoms with Crippen molar-refractivity contribution < 1.29 is 26.8 Å². The monoisotopic (exact) mass is 384 g/mol. The van der Waals surface area contributed by atoms with Gasteiger partial charge in [0, 0.05) is 24.2 Å². The van der Waals surface area contributed by atoms with Crippen LogP contribution in [0.3, 0.4) is 0 Å². The van der Waals surface area contributed by atoms with Crippen LogP contribution in [-0.4, -0.2) is 40.4 Å². The van der Waals surface area contributed by atoms with Gasteiger partial charge in [-0.2, -0.15) is 13.2 Å². The molecule has 0 aliphatic carbocycles. The molecule has 0 atom stereocenters. The normalized spacial score (nSPS) is 14.9. The van der Waals surface area contributed by atoms with Gasteiger partial charge in [-0.3, -0.25) is 5.32 Å². The Balaban J connectivity index is 1.70. The minimum Gasteiger partial charge on any atom is -0.403 e. The Labute approximate surface area is 151 Å². The lowest BCUT2D eigenvalue weighted by molar-refractivity contribution is -0.0956. The maximum absolute atomic E-state index is 13.4. The third-order valence-corrected chi connectivity index (χ3v) is 4.21. The predicted octanol–water partition coefficient (Wildman–Crippen LogP) is 4.22. The molecule has 0 radical (unpaired) electrons. The number of hydrogen-bond acceptors (Lipinski definition) is 4. The summed E-state index contributed by atoms with van der Waals surface area (Å²) >= 11 is 0. The largest absolute Gasteiger partial charge is 0.412 e. The molecule has 2 aromatic rings. The zero-order valence-corrected chi connectivity index (χ0v) is 14.5. The van der Waals surface area contributed by atoms with E-state index < -0.39 is 23.6 Å². The van der Waals surface area contributed by atoms with E-state index in [1.165, 1.54) is 17.0 Å². The Kier molecular flexibility index (Phi) is 4.90. The zero-order chi connectivity index (χ0) is 19.8. The quantitative estimate of drug-likeness (QED) is 0.622. The second-order valence-electron chi connectivity index (χ2n) is 6.18. The first-order valence-electron chi connectivity index (χ1n) is 8.08. The molecule has 1 aromatic heterocycles. The molecule has 10 heteroatoms. The molecule has 27 heavy (non-hydrogen) atoms. The highest BCUT2D eigenvalue weighted by Crippen LogP contribution is 2.31. The van der Waals surface area contributed by atoms with E-state index in [-0.39, 0.29) is 31.4 Å². The number of nitrogens with zero attached hydrogens (tertiary/aromatic N) is 3. The Morgan fingerprint density at radius 1 is 1.22 bits per heavy atom. The van der Waals surface area contributed by atoms with Crippen LogP contribution in [-0.2, 0) is 0 Å². The lowest BCUT2D eigenvalue weighted by atomic mass is 10.0. The van der Waals surface area contributed by atoms with Crippen LogP contribution in [0.1, 0.15) is 17.5 Å². The van der Waals surface area contributed by atoms with Crippen molar-refractivity contribution in [2.75, 3.05) is 18.4 Å². The standard InChI is InChI=1S/C17H16F4N4O2/c1-9-7-12(18)8-10(2)13(9)14-23-24-15(27-14)22-16(26)25-5-3-11(4-6-25)17(19,20)21/h3,7-8H,4-6H2,1-2H3,(H,22,24,26). The van der Waals surface area contributed by atoms with Crippen molar-refractivity contribution in [2.24, 2.45) is 0 Å². The third-order valence-electron chi connectivity index (χ3n) is 4.21. The SMILES string of the molecule is Cc1cc(F)cc(C)c1-c1nnc(NC(=O)N2CC=C(C(F)(F)F)CC2)o1. The maximum atomic E-state index is 13.4. The number of rotatable bonds is 2. The summed E-state index contributed by atoms with van der Waals surface area (Å²) in [5.74, 6) is -0.281. The van der Waals surface area contributed by atoms with Crippen LogP contribution in [0.25, 0.3) is 11.5 Å². The van der Waals surface area contributed by atoms with Crippen LogP contribution < -0.4 is 5.32 Å². The number of carbonyl (C=O) groups excluding carboxylic acids is 1. The van der Waals surface area contributed by atoms with E-state index in [0.29, 0.717) is 16.7 Å². The van der Waals surface area contributed by atoms with Gasteiger partial charge in [-0.25, -0.2) is 9.18 Å². The molecule has 2 amide bonds. The number of alkyl halides is 3. The summed E-state index contributed by atoms with van der Waals surface area (Å²) in [5, 5.41) is 9.94. The van der Waals surface area contributed by atoms with Gasteiger partial charge in [0.15, 0.2) is 0 Å². The lowest BCUT2D eigenvalue weighted by Gasteiger charge is -2.26. The summed E-state index contributed by atoms with van der Waals surface area (Å²) in [5.41, 5.74) is 1.10. The molecule has 0 spiro atoms. The molecule has 0 saturated carbocycles. The number of carbonyl (C=O) groups is 1. The molecule has 6 nitrogen and oxygen atoms in total. The first-order chi connectivity index (χ1) is 12.6. The highest BCUT2D eigenvalue weighted by atomic mass is 19.4. The van der Waals surface area contributed by atoms with Crippen LogP contribution in [0.4, 0.5) is 28.4 Å². The predicted molar refractivity (Wildman–Crippen MR) is 88.5 cm³/mol. The molecule has 0 unspecified atom stereocenters. The van der Waals surface area contributed by atoms with Gasteiger partial charge in [-0.15, -0.1) is 5.10 Å². The second kappa shape index (κ2) is 7.01. The van der Waals surface area contributed by atoms with Gasteiger partial charge in [-0.05, 0) is 43.5 Å². The fourth-order valence-electron chi connectivity index (χ4n) is 2.90. The third kappa shape index (κ3) is 4.09. The van der Waals surface area contributed by atoms with Crippen molar-refractivity contribution in [1.29, 1.82) is 0 Å². The molecule has 1 aliphatic heterocycles. The van der Waals surface area contributed by atoms with E-state index in [1.54, 1.807) is 13.8 Å². The Bertz CT molecular complexity index is 882. The molecule has 144 valence electrons. The van der Waals surface area contributed by atoms with Gasteiger partial charge in [0.05, 0.1) is 0 Å². The van der Waals surface area contributed by atoms with Gasteiger partial charge < -0.3 is 9.32 Å². The number of halogens is 4. The molecule has 2 heterocycles. The van der Waals surface area contributed by atoms with E-state index in [0.717, 1.165) is 6.08 Å². The molecule has 3 rings (SSSR count). The van der Waals surface area contributed by atoms with Crippen molar-refractivity contribution >= 4 is 12.0 Å². The van der Waals surface area contributed by atoms with E-state index in [4.69, 9.17) is 4.42 Å². The van der Waals surface area contributed by atoms with Gasteiger partial charge in [0.2, 0.25) is 5.89 Å². The maximum Gasteiger partial charge on any atom is 0.412 e. The molecular weight excluding hydrogens is 368 g/mol. The van der Waals surface area contributed by atoms with Crippen molar-refractivity contribution in [1.82, 2.24) is 15.1 Å². The fraction of sp³-hybridized carbons (Fsp3) is 0.353. The number of urea groups is 1. The number of hydrogen-bond donors (Lipinski definition) is 1. The average Bonchev–Trinajstić information content (AvgIpc) is 3.01. The number of nitrogens with one attached hydrogen (secondary N) is 1. The van der Waals surface area contributed by atoms with Crippen molar-refractivity contribution in [2.45, 2.75) is 26.4 Å². The molecule has 1 aliphatic rings.